The molecule has 1 aromatic carbocycles. The van der Waals surface area contributed by atoms with Gasteiger partial charge < -0.3 is 10.1 Å². The molecular formula is C20H30BrNO2Si. The smallest absolute Gasteiger partial charge is 0.261 e. The molecule has 2 heterocycles. The number of hydrogen-bond acceptors (Lipinski definition) is 2. The molecular weight excluding hydrogens is 394 g/mol. The maximum absolute atomic E-state index is 12.9. The van der Waals surface area contributed by atoms with Crippen molar-refractivity contribution in [2.75, 3.05) is 11.9 Å². The third kappa shape index (κ3) is 2.65. The predicted molar refractivity (Wildman–Crippen MR) is 110 cm³/mol. The zero-order valence-corrected chi connectivity index (χ0v) is 18.7. The highest BCUT2D eigenvalue weighted by atomic mass is 79.9. The van der Waals surface area contributed by atoms with Crippen molar-refractivity contribution in [2.24, 2.45) is 0 Å². The molecule has 138 valence electrons. The van der Waals surface area contributed by atoms with Crippen molar-refractivity contribution in [3.63, 3.8) is 0 Å². The molecule has 2 atom stereocenters. The van der Waals surface area contributed by atoms with E-state index in [2.05, 4.69) is 68.9 Å². The van der Waals surface area contributed by atoms with Gasteiger partial charge in [-0.2, -0.15) is 0 Å². The molecule has 1 aromatic rings. The Morgan fingerprint density at radius 2 is 1.76 bits per heavy atom. The molecule has 0 bridgehead atoms. The van der Waals surface area contributed by atoms with Crippen LogP contribution in [-0.4, -0.2) is 20.6 Å². The van der Waals surface area contributed by atoms with Crippen molar-refractivity contribution in [1.29, 1.82) is 0 Å². The molecule has 1 amide bonds. The van der Waals surface area contributed by atoms with E-state index in [0.29, 0.717) is 28.8 Å². The minimum Gasteiger partial charge on any atom is -0.360 e. The number of nitrogens with one attached hydrogen (secondary N) is 1. The van der Waals surface area contributed by atoms with E-state index in [1.54, 1.807) is 0 Å². The first kappa shape index (κ1) is 19.1. The summed E-state index contributed by atoms with van der Waals surface area (Å²) >= 11 is 3.55. The Balaban J connectivity index is 2.04. The van der Waals surface area contributed by atoms with Gasteiger partial charge in [-0.15, -0.1) is 0 Å². The maximum Gasteiger partial charge on any atom is 0.261 e. The van der Waals surface area contributed by atoms with Crippen LogP contribution >= 0.6 is 15.9 Å². The molecule has 1 fully saturated rings. The van der Waals surface area contributed by atoms with E-state index in [1.165, 1.54) is 0 Å². The van der Waals surface area contributed by atoms with E-state index in [0.717, 1.165) is 22.1 Å². The monoisotopic (exact) mass is 423 g/mol. The first-order valence-electron chi connectivity index (χ1n) is 9.41. The van der Waals surface area contributed by atoms with Crippen molar-refractivity contribution in [3.8, 4) is 0 Å². The fourth-order valence-corrected chi connectivity index (χ4v) is 14.3. The average Bonchev–Trinajstić information content (AvgIpc) is 3.04. The molecule has 0 aliphatic carbocycles. The van der Waals surface area contributed by atoms with Crippen LogP contribution in [0, 0.1) is 0 Å². The van der Waals surface area contributed by atoms with Gasteiger partial charge in [0.05, 0.1) is 8.07 Å². The quantitative estimate of drug-likeness (QED) is 0.596. The number of carbonyl (C=O) groups excluding carboxylic acids is 1. The molecule has 0 unspecified atom stereocenters. The van der Waals surface area contributed by atoms with Gasteiger partial charge in [0.25, 0.3) is 5.91 Å². The third-order valence-electron chi connectivity index (χ3n) is 6.80. The van der Waals surface area contributed by atoms with Gasteiger partial charge in [0.2, 0.25) is 0 Å². The molecule has 1 N–H and O–H groups in total. The molecule has 1 spiro atoms. The average molecular weight is 424 g/mol. The Bertz CT molecular complexity index is 666. The SMILES string of the molecule is CC(C)[Si](C(C)C)(C(C)C)[C@H]1CO[C@]2(C1)C(=O)Nc1ccc(Br)cc12. The van der Waals surface area contributed by atoms with Gasteiger partial charge in [-0.3, -0.25) is 4.79 Å². The summed E-state index contributed by atoms with van der Waals surface area (Å²) in [7, 11) is -1.67. The Hall–Kier alpha value is -0.653. The lowest BCUT2D eigenvalue weighted by molar-refractivity contribution is -0.135. The zero-order valence-electron chi connectivity index (χ0n) is 16.2. The van der Waals surface area contributed by atoms with Crippen molar-refractivity contribution >= 4 is 35.6 Å². The van der Waals surface area contributed by atoms with Crippen molar-refractivity contribution in [1.82, 2.24) is 0 Å². The molecule has 0 saturated carbocycles. The summed E-state index contributed by atoms with van der Waals surface area (Å²) in [6, 6.07) is 6.00. The largest absolute Gasteiger partial charge is 0.360 e. The molecule has 3 nitrogen and oxygen atoms in total. The van der Waals surface area contributed by atoms with Gasteiger partial charge in [0.1, 0.15) is 0 Å². The fourth-order valence-electron chi connectivity index (χ4n) is 6.09. The van der Waals surface area contributed by atoms with Crippen LogP contribution in [0.2, 0.25) is 22.2 Å². The van der Waals surface area contributed by atoms with Crippen LogP contribution in [0.3, 0.4) is 0 Å². The highest BCUT2D eigenvalue weighted by Crippen LogP contribution is 2.58. The van der Waals surface area contributed by atoms with Gasteiger partial charge in [-0.25, -0.2) is 0 Å². The second kappa shape index (κ2) is 6.50. The summed E-state index contributed by atoms with van der Waals surface area (Å²) in [6.07, 6.45) is 0.822. The maximum atomic E-state index is 12.9. The van der Waals surface area contributed by atoms with Gasteiger partial charge in [0.15, 0.2) is 5.60 Å². The van der Waals surface area contributed by atoms with E-state index in [9.17, 15) is 4.79 Å². The molecule has 2 aliphatic heterocycles. The molecule has 0 radical (unpaired) electrons. The molecule has 1 saturated heterocycles. The van der Waals surface area contributed by atoms with Crippen LogP contribution in [0.15, 0.2) is 22.7 Å². The highest BCUT2D eigenvalue weighted by Gasteiger charge is 2.60. The summed E-state index contributed by atoms with van der Waals surface area (Å²) in [6.45, 7) is 15.0. The van der Waals surface area contributed by atoms with Crippen LogP contribution in [0.1, 0.15) is 53.5 Å². The Kier molecular flexibility index (Phi) is 4.97. The summed E-state index contributed by atoms with van der Waals surface area (Å²) < 4.78 is 7.36. The number of carbonyl (C=O) groups is 1. The van der Waals surface area contributed by atoms with Crippen LogP contribution < -0.4 is 5.32 Å². The topological polar surface area (TPSA) is 38.3 Å². The van der Waals surface area contributed by atoms with Crippen LogP contribution in [-0.2, 0) is 15.1 Å². The number of fused-ring (bicyclic) bond motifs is 2. The number of halogens is 1. The predicted octanol–water partition coefficient (Wildman–Crippen LogP) is 6.07. The number of benzene rings is 1. The van der Waals surface area contributed by atoms with Gasteiger partial charge in [0, 0.05) is 22.3 Å². The molecule has 5 heteroatoms. The molecule has 2 aliphatic rings. The van der Waals surface area contributed by atoms with E-state index in [1.807, 2.05) is 12.1 Å². The van der Waals surface area contributed by atoms with Crippen molar-refractivity contribution in [2.45, 2.75) is 75.7 Å². The number of hydrogen-bond donors (Lipinski definition) is 1. The lowest BCUT2D eigenvalue weighted by Gasteiger charge is -2.47. The minimum atomic E-state index is -1.67. The van der Waals surface area contributed by atoms with E-state index < -0.39 is 13.7 Å². The van der Waals surface area contributed by atoms with Gasteiger partial charge in [-0.1, -0.05) is 74.1 Å². The summed E-state index contributed by atoms with van der Waals surface area (Å²) in [5.74, 6) is 0.0160. The lowest BCUT2D eigenvalue weighted by Crippen LogP contribution is -2.49. The number of amides is 1. The number of anilines is 1. The first-order valence-corrected chi connectivity index (χ1v) is 12.5. The van der Waals surface area contributed by atoms with Crippen LogP contribution in [0.25, 0.3) is 0 Å². The molecule has 0 aromatic heterocycles. The lowest BCUT2D eigenvalue weighted by atomic mass is 9.92. The third-order valence-corrected chi connectivity index (χ3v) is 15.1. The standard InChI is InChI=1S/C20H30BrNO2Si/c1-12(2)25(13(3)4,14(5)6)16-10-20(24-11-16)17-9-15(21)7-8-18(17)22-19(20)23/h7-9,12-14,16H,10-11H2,1-6H3,(H,22,23)/t16-,20+/m1/s1. The second-order valence-electron chi connectivity index (χ2n) is 8.65. The van der Waals surface area contributed by atoms with Gasteiger partial charge >= 0.3 is 0 Å². The zero-order chi connectivity index (χ0) is 18.6. The van der Waals surface area contributed by atoms with E-state index in [4.69, 9.17) is 4.74 Å². The minimum absolute atomic E-state index is 0.0160. The molecule has 25 heavy (non-hydrogen) atoms. The Morgan fingerprint density at radius 3 is 2.32 bits per heavy atom. The Morgan fingerprint density at radius 1 is 1.16 bits per heavy atom. The first-order chi connectivity index (χ1) is 11.7. The second-order valence-corrected chi connectivity index (χ2v) is 15.8. The highest BCUT2D eigenvalue weighted by molar-refractivity contribution is 9.10. The van der Waals surface area contributed by atoms with Crippen LogP contribution in [0.5, 0.6) is 0 Å². The van der Waals surface area contributed by atoms with Crippen molar-refractivity contribution < 1.29 is 9.53 Å². The fraction of sp³-hybridized carbons (Fsp3) is 0.650. The summed E-state index contributed by atoms with van der Waals surface area (Å²) in [5.41, 5.74) is 3.63. The van der Waals surface area contributed by atoms with E-state index >= 15 is 0 Å². The van der Waals surface area contributed by atoms with Crippen LogP contribution in [0.4, 0.5) is 5.69 Å². The number of rotatable bonds is 4. The van der Waals surface area contributed by atoms with E-state index in [-0.39, 0.29) is 5.91 Å². The Labute approximate surface area is 161 Å². The van der Waals surface area contributed by atoms with Crippen molar-refractivity contribution in [3.05, 3.63) is 28.2 Å². The summed E-state index contributed by atoms with van der Waals surface area (Å²) in [5, 5.41) is 3.05. The normalized spacial score (nSPS) is 26.2. The summed E-state index contributed by atoms with van der Waals surface area (Å²) in [4.78, 5) is 12.9. The number of ether oxygens (including phenoxy) is 1. The molecule has 3 rings (SSSR count). The van der Waals surface area contributed by atoms with Gasteiger partial charge in [-0.05, 0) is 30.2 Å².